The lowest BCUT2D eigenvalue weighted by atomic mass is 9.75. The lowest BCUT2D eigenvalue weighted by Gasteiger charge is -2.41. The maximum Gasteiger partial charge on any atom is 0.255 e. The highest BCUT2D eigenvalue weighted by Gasteiger charge is 2.33. The lowest BCUT2D eigenvalue weighted by Crippen LogP contribution is -2.44. The number of fused-ring (bicyclic) bond motifs is 1. The summed E-state index contributed by atoms with van der Waals surface area (Å²) in [4.78, 5) is 14.7. The van der Waals surface area contributed by atoms with Crippen LogP contribution in [-0.2, 0) is 0 Å². The molecule has 1 aromatic carbocycles. The average Bonchev–Trinajstić information content (AvgIpc) is 2.48. The van der Waals surface area contributed by atoms with Crippen molar-refractivity contribution in [1.82, 2.24) is 4.90 Å². The molecule has 0 unspecified atom stereocenters. The number of benzene rings is 1. The van der Waals surface area contributed by atoms with E-state index in [2.05, 4.69) is 15.9 Å². The molecule has 3 rings (SSSR count). The van der Waals surface area contributed by atoms with Crippen molar-refractivity contribution in [2.24, 2.45) is 11.8 Å². The first-order valence-corrected chi connectivity index (χ1v) is 8.56. The van der Waals surface area contributed by atoms with Gasteiger partial charge in [-0.2, -0.15) is 0 Å². The van der Waals surface area contributed by atoms with Crippen LogP contribution in [0.25, 0.3) is 0 Å². The Morgan fingerprint density at radius 2 is 1.95 bits per heavy atom. The minimum Gasteiger partial charge on any atom is -0.338 e. The molecule has 1 saturated heterocycles. The van der Waals surface area contributed by atoms with Gasteiger partial charge in [0.2, 0.25) is 0 Å². The molecule has 1 saturated carbocycles. The van der Waals surface area contributed by atoms with Crippen LogP contribution in [0, 0.1) is 11.8 Å². The van der Waals surface area contributed by atoms with E-state index in [9.17, 15) is 4.79 Å². The standard InChI is InChI=1S/C16H19BrClNO/c17-13-5-6-15(18)14(9-13)16(20)19-8-7-11-3-1-2-4-12(11)10-19/h5-6,9,11-12H,1-4,7-8,10H2/t11-,12-/m1/s1. The van der Waals surface area contributed by atoms with Gasteiger partial charge in [-0.05, 0) is 42.9 Å². The van der Waals surface area contributed by atoms with Gasteiger partial charge in [0, 0.05) is 17.6 Å². The van der Waals surface area contributed by atoms with Crippen LogP contribution in [0.4, 0.5) is 0 Å². The maximum absolute atomic E-state index is 12.7. The summed E-state index contributed by atoms with van der Waals surface area (Å²) in [6.45, 7) is 1.79. The summed E-state index contributed by atoms with van der Waals surface area (Å²) in [7, 11) is 0. The van der Waals surface area contributed by atoms with Gasteiger partial charge in [0.1, 0.15) is 0 Å². The first kappa shape index (κ1) is 14.4. The number of carbonyl (C=O) groups is 1. The van der Waals surface area contributed by atoms with Crippen molar-refractivity contribution in [3.05, 3.63) is 33.3 Å². The van der Waals surface area contributed by atoms with Gasteiger partial charge >= 0.3 is 0 Å². The Bertz CT molecular complexity index is 519. The van der Waals surface area contributed by atoms with E-state index in [1.807, 2.05) is 17.0 Å². The molecule has 108 valence electrons. The molecule has 2 nitrogen and oxygen atoms in total. The van der Waals surface area contributed by atoms with Gasteiger partial charge in [0.15, 0.2) is 0 Å². The van der Waals surface area contributed by atoms with Crippen molar-refractivity contribution in [3.8, 4) is 0 Å². The molecule has 4 heteroatoms. The number of carbonyl (C=O) groups excluding carboxylic acids is 1. The summed E-state index contributed by atoms with van der Waals surface area (Å²) in [5, 5.41) is 0.545. The zero-order valence-electron chi connectivity index (χ0n) is 11.4. The van der Waals surface area contributed by atoms with Gasteiger partial charge in [0.05, 0.1) is 10.6 Å². The molecule has 20 heavy (non-hydrogen) atoms. The van der Waals surface area contributed by atoms with Crippen LogP contribution in [0.3, 0.4) is 0 Å². The predicted molar refractivity (Wildman–Crippen MR) is 85.1 cm³/mol. The van der Waals surface area contributed by atoms with E-state index >= 15 is 0 Å². The number of likely N-dealkylation sites (tertiary alicyclic amines) is 1. The van der Waals surface area contributed by atoms with Crippen LogP contribution in [0.1, 0.15) is 42.5 Å². The SMILES string of the molecule is O=C(c1cc(Br)ccc1Cl)N1CC[C@H]2CCCC[C@@H]2C1. The van der Waals surface area contributed by atoms with Crippen LogP contribution in [0.5, 0.6) is 0 Å². The maximum atomic E-state index is 12.7. The fourth-order valence-electron chi connectivity index (χ4n) is 3.62. The Morgan fingerprint density at radius 3 is 2.75 bits per heavy atom. The highest BCUT2D eigenvalue weighted by atomic mass is 79.9. The van der Waals surface area contributed by atoms with Crippen molar-refractivity contribution in [2.75, 3.05) is 13.1 Å². The highest BCUT2D eigenvalue weighted by Crippen LogP contribution is 2.36. The predicted octanol–water partition coefficient (Wildman–Crippen LogP) is 4.75. The van der Waals surface area contributed by atoms with Crippen LogP contribution in [-0.4, -0.2) is 23.9 Å². The monoisotopic (exact) mass is 355 g/mol. The second-order valence-electron chi connectivity index (χ2n) is 5.97. The molecule has 1 amide bonds. The third-order valence-electron chi connectivity index (χ3n) is 4.74. The molecule has 2 aliphatic rings. The van der Waals surface area contributed by atoms with Crippen molar-refractivity contribution >= 4 is 33.4 Å². The number of halogens is 2. The van der Waals surface area contributed by atoms with Gasteiger partial charge in [-0.15, -0.1) is 0 Å². The summed E-state index contributed by atoms with van der Waals surface area (Å²) in [6.07, 6.45) is 6.47. The summed E-state index contributed by atoms with van der Waals surface area (Å²) in [5.41, 5.74) is 0.621. The van der Waals surface area contributed by atoms with Gasteiger partial charge in [-0.3, -0.25) is 4.79 Å². The Labute approximate surface area is 133 Å². The number of hydrogen-bond acceptors (Lipinski definition) is 1. The van der Waals surface area contributed by atoms with Gasteiger partial charge in [-0.25, -0.2) is 0 Å². The molecule has 1 aliphatic carbocycles. The van der Waals surface area contributed by atoms with Crippen LogP contribution < -0.4 is 0 Å². The van der Waals surface area contributed by atoms with Crippen molar-refractivity contribution in [1.29, 1.82) is 0 Å². The van der Waals surface area contributed by atoms with Crippen molar-refractivity contribution < 1.29 is 4.79 Å². The summed E-state index contributed by atoms with van der Waals surface area (Å²) in [5.74, 6) is 1.62. The molecule has 1 aliphatic heterocycles. The van der Waals surface area contributed by atoms with Crippen LogP contribution in [0.15, 0.2) is 22.7 Å². The second kappa shape index (κ2) is 6.07. The van der Waals surface area contributed by atoms with E-state index in [4.69, 9.17) is 11.6 Å². The Kier molecular flexibility index (Phi) is 4.37. The van der Waals surface area contributed by atoms with Gasteiger partial charge in [0.25, 0.3) is 5.91 Å². The normalized spacial score (nSPS) is 26.2. The molecule has 0 spiro atoms. The Morgan fingerprint density at radius 1 is 1.20 bits per heavy atom. The fourth-order valence-corrected chi connectivity index (χ4v) is 4.18. The van der Waals surface area contributed by atoms with Crippen molar-refractivity contribution in [3.63, 3.8) is 0 Å². The van der Waals surface area contributed by atoms with Gasteiger partial charge in [-0.1, -0.05) is 46.8 Å². The van der Waals surface area contributed by atoms with Crippen molar-refractivity contribution in [2.45, 2.75) is 32.1 Å². The minimum atomic E-state index is 0.0836. The smallest absolute Gasteiger partial charge is 0.255 e. The molecule has 2 atom stereocenters. The van der Waals surface area contributed by atoms with E-state index in [0.29, 0.717) is 16.5 Å². The molecule has 0 N–H and O–H groups in total. The number of amides is 1. The third-order valence-corrected chi connectivity index (χ3v) is 5.56. The fraction of sp³-hybridized carbons (Fsp3) is 0.562. The summed E-state index contributed by atoms with van der Waals surface area (Å²) in [6, 6.07) is 5.48. The molecule has 0 aromatic heterocycles. The number of nitrogens with zero attached hydrogens (tertiary/aromatic N) is 1. The number of rotatable bonds is 1. The molecule has 1 heterocycles. The first-order chi connectivity index (χ1) is 9.65. The van der Waals surface area contributed by atoms with E-state index < -0.39 is 0 Å². The summed E-state index contributed by atoms with van der Waals surface area (Å²) >= 11 is 9.59. The number of piperidine rings is 1. The molecule has 0 radical (unpaired) electrons. The molecule has 0 bridgehead atoms. The average molecular weight is 357 g/mol. The van der Waals surface area contributed by atoms with Crippen LogP contribution >= 0.6 is 27.5 Å². The molecule has 1 aromatic rings. The molecular formula is C16H19BrClNO. The van der Waals surface area contributed by atoms with Crippen LogP contribution in [0.2, 0.25) is 5.02 Å². The molecular weight excluding hydrogens is 338 g/mol. The van der Waals surface area contributed by atoms with Gasteiger partial charge < -0.3 is 4.90 Å². The summed E-state index contributed by atoms with van der Waals surface area (Å²) < 4.78 is 0.901. The third kappa shape index (κ3) is 2.89. The molecule has 2 fully saturated rings. The first-order valence-electron chi connectivity index (χ1n) is 7.39. The quantitative estimate of drug-likeness (QED) is 0.710. The lowest BCUT2D eigenvalue weighted by molar-refractivity contribution is 0.0521. The largest absolute Gasteiger partial charge is 0.338 e. The zero-order valence-corrected chi connectivity index (χ0v) is 13.8. The van der Waals surface area contributed by atoms with E-state index in [0.717, 1.165) is 29.9 Å². The topological polar surface area (TPSA) is 20.3 Å². The van der Waals surface area contributed by atoms with E-state index in [1.54, 1.807) is 6.07 Å². The minimum absolute atomic E-state index is 0.0836. The Balaban J connectivity index is 1.76. The van der Waals surface area contributed by atoms with E-state index in [-0.39, 0.29) is 5.91 Å². The van der Waals surface area contributed by atoms with E-state index in [1.165, 1.54) is 25.7 Å². The number of hydrogen-bond donors (Lipinski definition) is 0. The zero-order chi connectivity index (χ0) is 14.1. The Hall–Kier alpha value is -0.540. The highest BCUT2D eigenvalue weighted by molar-refractivity contribution is 9.10. The second-order valence-corrected chi connectivity index (χ2v) is 7.29.